The molecule has 2 aromatic heterocycles. The van der Waals surface area contributed by atoms with Crippen molar-refractivity contribution in [3.63, 3.8) is 0 Å². The van der Waals surface area contributed by atoms with Crippen molar-refractivity contribution >= 4 is 17.4 Å². The molecule has 3 aromatic rings. The molecule has 0 bridgehead atoms. The second-order valence-corrected chi connectivity index (χ2v) is 5.53. The Hall–Kier alpha value is -1.94. The number of hydrogen-bond donors (Lipinski definition) is 0. The average molecular weight is 285 g/mol. The van der Waals surface area contributed by atoms with Crippen molar-refractivity contribution in [3.8, 4) is 11.4 Å². The van der Waals surface area contributed by atoms with Gasteiger partial charge in [0.2, 0.25) is 0 Å². The van der Waals surface area contributed by atoms with E-state index in [4.69, 9.17) is 11.6 Å². The van der Waals surface area contributed by atoms with Gasteiger partial charge in [0.25, 0.3) is 5.78 Å². The molecule has 4 nitrogen and oxygen atoms in total. The lowest BCUT2D eigenvalue weighted by molar-refractivity contribution is 0.640. The molecular weight excluding hydrogens is 272 g/mol. The fourth-order valence-corrected chi connectivity index (χ4v) is 2.85. The highest BCUT2D eigenvalue weighted by Gasteiger charge is 2.16. The van der Waals surface area contributed by atoms with E-state index in [9.17, 15) is 0 Å². The van der Waals surface area contributed by atoms with Crippen molar-refractivity contribution in [2.24, 2.45) is 0 Å². The summed E-state index contributed by atoms with van der Waals surface area (Å²) in [6, 6.07) is 7.57. The van der Waals surface area contributed by atoms with Crippen LogP contribution in [0.25, 0.3) is 17.2 Å². The Labute approximate surface area is 121 Å². The zero-order valence-corrected chi connectivity index (χ0v) is 11.6. The van der Waals surface area contributed by atoms with Gasteiger partial charge in [0.15, 0.2) is 5.82 Å². The first-order valence-electron chi connectivity index (χ1n) is 6.81. The molecule has 1 aliphatic carbocycles. The number of fused-ring (bicyclic) bond motifs is 3. The van der Waals surface area contributed by atoms with Crippen molar-refractivity contribution in [2.45, 2.75) is 25.7 Å². The highest BCUT2D eigenvalue weighted by Crippen LogP contribution is 2.23. The summed E-state index contributed by atoms with van der Waals surface area (Å²) in [6.07, 6.45) is 6.54. The molecule has 0 unspecified atom stereocenters. The smallest absolute Gasteiger partial charge is 0.219 e. The number of aryl methyl sites for hydroxylation is 2. The third kappa shape index (κ3) is 1.88. The summed E-state index contributed by atoms with van der Waals surface area (Å²) in [5.74, 6) is 1.38. The van der Waals surface area contributed by atoms with Gasteiger partial charge in [0, 0.05) is 16.8 Å². The van der Waals surface area contributed by atoms with Crippen LogP contribution >= 0.6 is 11.6 Å². The number of halogens is 1. The monoisotopic (exact) mass is 284 g/mol. The summed E-state index contributed by atoms with van der Waals surface area (Å²) < 4.78 is 1.90. The highest BCUT2D eigenvalue weighted by atomic mass is 35.5. The third-order valence-corrected chi connectivity index (χ3v) is 4.02. The minimum absolute atomic E-state index is 0.676. The minimum atomic E-state index is 0.676. The van der Waals surface area contributed by atoms with E-state index in [1.165, 1.54) is 24.1 Å². The van der Waals surface area contributed by atoms with Gasteiger partial charge in [0.05, 0.1) is 5.69 Å². The van der Waals surface area contributed by atoms with Gasteiger partial charge in [-0.3, -0.25) is 0 Å². The molecule has 0 N–H and O–H groups in total. The molecule has 100 valence electrons. The largest absolute Gasteiger partial charge is 0.252 e. The van der Waals surface area contributed by atoms with Crippen molar-refractivity contribution in [1.82, 2.24) is 19.6 Å². The van der Waals surface area contributed by atoms with Crippen molar-refractivity contribution in [1.29, 1.82) is 0 Å². The molecule has 0 radical (unpaired) electrons. The van der Waals surface area contributed by atoms with Crippen LogP contribution in [0.2, 0.25) is 5.02 Å². The molecule has 0 aliphatic heterocycles. The molecule has 1 aliphatic rings. The number of nitrogens with zero attached hydrogens (tertiary/aromatic N) is 4. The maximum absolute atomic E-state index is 5.91. The molecule has 0 saturated heterocycles. The van der Waals surface area contributed by atoms with E-state index in [-0.39, 0.29) is 0 Å². The van der Waals surface area contributed by atoms with Gasteiger partial charge >= 0.3 is 0 Å². The number of hydrogen-bond acceptors (Lipinski definition) is 3. The Morgan fingerprint density at radius 2 is 1.85 bits per heavy atom. The second-order valence-electron chi connectivity index (χ2n) is 5.09. The summed E-state index contributed by atoms with van der Waals surface area (Å²) in [5, 5.41) is 5.34. The summed E-state index contributed by atoms with van der Waals surface area (Å²) in [5.41, 5.74) is 3.52. The van der Waals surface area contributed by atoms with Crippen LogP contribution in [0.4, 0.5) is 0 Å². The van der Waals surface area contributed by atoms with E-state index < -0.39 is 0 Å². The first kappa shape index (κ1) is 11.9. The lowest BCUT2D eigenvalue weighted by Gasteiger charge is -2.14. The molecule has 5 heteroatoms. The van der Waals surface area contributed by atoms with Crippen molar-refractivity contribution < 1.29 is 0 Å². The molecule has 0 saturated carbocycles. The summed E-state index contributed by atoms with van der Waals surface area (Å²) in [6.45, 7) is 0. The predicted octanol–water partition coefficient (Wildman–Crippen LogP) is 3.32. The summed E-state index contributed by atoms with van der Waals surface area (Å²) in [7, 11) is 0. The Kier molecular flexibility index (Phi) is 2.70. The number of benzene rings is 1. The van der Waals surface area contributed by atoms with Gasteiger partial charge < -0.3 is 0 Å². The topological polar surface area (TPSA) is 43.1 Å². The van der Waals surface area contributed by atoms with Gasteiger partial charge in [-0.05, 0) is 55.5 Å². The molecule has 1 aromatic carbocycles. The van der Waals surface area contributed by atoms with Gasteiger partial charge in [-0.25, -0.2) is 9.50 Å². The van der Waals surface area contributed by atoms with E-state index in [1.807, 2.05) is 35.0 Å². The zero-order chi connectivity index (χ0) is 13.5. The first-order valence-corrected chi connectivity index (χ1v) is 7.18. The normalized spacial score (nSPS) is 14.4. The zero-order valence-electron chi connectivity index (χ0n) is 10.9. The molecule has 2 heterocycles. The van der Waals surface area contributed by atoms with Gasteiger partial charge in [0.1, 0.15) is 0 Å². The van der Waals surface area contributed by atoms with Crippen molar-refractivity contribution in [2.75, 3.05) is 0 Å². The van der Waals surface area contributed by atoms with E-state index in [2.05, 4.69) is 15.1 Å². The van der Waals surface area contributed by atoms with Gasteiger partial charge in [-0.1, -0.05) is 11.6 Å². The molecule has 0 spiro atoms. The highest BCUT2D eigenvalue weighted by molar-refractivity contribution is 6.30. The lowest BCUT2D eigenvalue weighted by atomic mass is 9.98. The summed E-state index contributed by atoms with van der Waals surface area (Å²) in [4.78, 5) is 8.94. The van der Waals surface area contributed by atoms with E-state index in [0.29, 0.717) is 16.6 Å². The van der Waals surface area contributed by atoms with Crippen molar-refractivity contribution in [3.05, 3.63) is 46.7 Å². The molecule has 0 atom stereocenters. The Morgan fingerprint density at radius 1 is 1.05 bits per heavy atom. The van der Waals surface area contributed by atoms with Crippen LogP contribution in [0.1, 0.15) is 24.1 Å². The molecule has 0 amide bonds. The maximum atomic E-state index is 5.91. The Bertz CT molecular complexity index is 776. The first-order chi connectivity index (χ1) is 9.81. The van der Waals surface area contributed by atoms with Crippen LogP contribution in [-0.2, 0) is 12.8 Å². The van der Waals surface area contributed by atoms with Gasteiger partial charge in [-0.15, -0.1) is 5.10 Å². The van der Waals surface area contributed by atoms with E-state index in [0.717, 1.165) is 18.4 Å². The SMILES string of the molecule is Clc1ccc(-c2nc3ncc4c(n3n2)CCCC4)cc1. The Balaban J connectivity index is 1.88. The van der Waals surface area contributed by atoms with Crippen LogP contribution in [0.5, 0.6) is 0 Å². The minimum Gasteiger partial charge on any atom is -0.219 e. The lowest BCUT2D eigenvalue weighted by Crippen LogP contribution is -2.10. The number of aromatic nitrogens is 4. The quantitative estimate of drug-likeness (QED) is 0.688. The summed E-state index contributed by atoms with van der Waals surface area (Å²) >= 11 is 5.91. The fraction of sp³-hybridized carbons (Fsp3) is 0.267. The number of rotatable bonds is 1. The Morgan fingerprint density at radius 3 is 2.70 bits per heavy atom. The molecule has 0 fully saturated rings. The second kappa shape index (κ2) is 4.56. The fourth-order valence-electron chi connectivity index (χ4n) is 2.72. The van der Waals surface area contributed by atoms with Crippen LogP contribution in [-0.4, -0.2) is 19.6 Å². The van der Waals surface area contributed by atoms with E-state index >= 15 is 0 Å². The molecule has 20 heavy (non-hydrogen) atoms. The van der Waals surface area contributed by atoms with Crippen LogP contribution in [0, 0.1) is 0 Å². The standard InChI is InChI=1S/C15H13ClN4/c16-12-7-5-10(6-8-12)14-18-15-17-9-11-3-1-2-4-13(11)20(15)19-14/h5-9H,1-4H2. The van der Waals surface area contributed by atoms with E-state index in [1.54, 1.807) is 0 Å². The van der Waals surface area contributed by atoms with Crippen LogP contribution in [0.3, 0.4) is 0 Å². The third-order valence-electron chi connectivity index (χ3n) is 3.76. The predicted molar refractivity (Wildman–Crippen MR) is 77.9 cm³/mol. The molecular formula is C15H13ClN4. The van der Waals surface area contributed by atoms with Crippen LogP contribution in [0.15, 0.2) is 30.5 Å². The van der Waals surface area contributed by atoms with Gasteiger partial charge in [-0.2, -0.15) is 4.98 Å². The molecule has 4 rings (SSSR count). The average Bonchev–Trinajstić information content (AvgIpc) is 2.92. The van der Waals surface area contributed by atoms with Crippen LogP contribution < -0.4 is 0 Å². The maximum Gasteiger partial charge on any atom is 0.252 e.